The summed E-state index contributed by atoms with van der Waals surface area (Å²) in [6.07, 6.45) is 5.14. The Morgan fingerprint density at radius 3 is 2.95 bits per heavy atom. The lowest BCUT2D eigenvalue weighted by atomic mass is 10.1. The highest BCUT2D eigenvalue weighted by Gasteiger charge is 2.18. The summed E-state index contributed by atoms with van der Waals surface area (Å²) in [6, 6.07) is 6.72. The first kappa shape index (κ1) is 15.1. The number of aromatic nitrogens is 1. The number of amides is 1. The molecule has 1 amide bonds. The van der Waals surface area contributed by atoms with Crippen LogP contribution in [0, 0.1) is 5.82 Å². The topological polar surface area (TPSA) is 54.0 Å². The number of anilines is 1. The molecule has 1 fully saturated rings. The molecule has 6 heteroatoms. The van der Waals surface area contributed by atoms with Crippen LogP contribution in [-0.2, 0) is 11.2 Å². The number of carbonyl (C=O) groups excluding carboxylic acids is 1. The fourth-order valence-electron chi connectivity index (χ4n) is 2.58. The number of nitrogens with one attached hydrogen (secondary N) is 2. The molecule has 0 radical (unpaired) electrons. The van der Waals surface area contributed by atoms with Crippen LogP contribution in [-0.4, -0.2) is 23.5 Å². The van der Waals surface area contributed by atoms with E-state index in [1.807, 2.05) is 0 Å². The van der Waals surface area contributed by atoms with Crippen LogP contribution in [0.2, 0.25) is 0 Å². The Kier molecular flexibility index (Phi) is 4.80. The van der Waals surface area contributed by atoms with E-state index in [1.165, 1.54) is 23.5 Å². The van der Waals surface area contributed by atoms with E-state index in [4.69, 9.17) is 0 Å². The van der Waals surface area contributed by atoms with Gasteiger partial charge in [0, 0.05) is 30.0 Å². The van der Waals surface area contributed by atoms with Crippen molar-refractivity contribution in [2.24, 2.45) is 0 Å². The van der Waals surface area contributed by atoms with Crippen molar-refractivity contribution in [1.29, 1.82) is 0 Å². The van der Waals surface area contributed by atoms with Crippen LogP contribution in [0.3, 0.4) is 0 Å². The number of thiazole rings is 1. The summed E-state index contributed by atoms with van der Waals surface area (Å²) in [5.41, 5.74) is 1.03. The molecule has 1 aliphatic rings. The van der Waals surface area contributed by atoms with Gasteiger partial charge in [-0.2, -0.15) is 0 Å². The summed E-state index contributed by atoms with van der Waals surface area (Å²) in [7, 11) is 0. The first-order valence-electron chi connectivity index (χ1n) is 7.41. The first-order chi connectivity index (χ1) is 10.7. The van der Waals surface area contributed by atoms with Gasteiger partial charge in [0.1, 0.15) is 5.82 Å². The van der Waals surface area contributed by atoms with Gasteiger partial charge in [-0.05, 0) is 37.1 Å². The molecule has 22 heavy (non-hydrogen) atoms. The number of hydrogen-bond donors (Lipinski definition) is 2. The van der Waals surface area contributed by atoms with Crippen molar-refractivity contribution < 1.29 is 9.18 Å². The molecule has 0 spiro atoms. The van der Waals surface area contributed by atoms with E-state index in [-0.39, 0.29) is 11.7 Å². The number of nitrogens with zero attached hydrogens (tertiary/aromatic N) is 1. The highest BCUT2D eigenvalue weighted by Crippen LogP contribution is 2.22. The van der Waals surface area contributed by atoms with E-state index in [9.17, 15) is 9.18 Å². The van der Waals surface area contributed by atoms with Crippen LogP contribution in [0.1, 0.15) is 29.7 Å². The van der Waals surface area contributed by atoms with Crippen LogP contribution in [0.5, 0.6) is 0 Å². The number of hydrogen-bond acceptors (Lipinski definition) is 4. The van der Waals surface area contributed by atoms with Crippen molar-refractivity contribution in [3.63, 3.8) is 0 Å². The predicted molar refractivity (Wildman–Crippen MR) is 85.6 cm³/mol. The molecule has 0 saturated carbocycles. The lowest BCUT2D eigenvalue weighted by Gasteiger charge is -2.08. The monoisotopic (exact) mass is 319 g/mol. The molecule has 0 aliphatic carbocycles. The third-order valence-corrected chi connectivity index (χ3v) is 4.60. The van der Waals surface area contributed by atoms with E-state index in [2.05, 4.69) is 15.6 Å². The zero-order chi connectivity index (χ0) is 15.4. The molecule has 2 aromatic rings. The number of rotatable bonds is 5. The molecule has 1 saturated heterocycles. The van der Waals surface area contributed by atoms with Crippen molar-refractivity contribution in [3.05, 3.63) is 46.7 Å². The van der Waals surface area contributed by atoms with Gasteiger partial charge in [0.15, 0.2) is 5.13 Å². The number of halogens is 1. The van der Waals surface area contributed by atoms with Gasteiger partial charge in [-0.15, -0.1) is 11.3 Å². The fraction of sp³-hybridized carbons (Fsp3) is 0.375. The molecule has 2 heterocycles. The molecule has 4 nitrogen and oxygen atoms in total. The molecular formula is C16H18FN3OS. The minimum atomic E-state index is -0.235. The van der Waals surface area contributed by atoms with Crippen molar-refractivity contribution in [1.82, 2.24) is 10.3 Å². The maximum Gasteiger partial charge on any atom is 0.227 e. The van der Waals surface area contributed by atoms with E-state index in [0.29, 0.717) is 24.0 Å². The third kappa shape index (κ3) is 4.11. The summed E-state index contributed by atoms with van der Waals surface area (Å²) in [4.78, 5) is 17.2. The Balaban J connectivity index is 1.54. The fourth-order valence-corrected chi connectivity index (χ4v) is 3.44. The Morgan fingerprint density at radius 1 is 1.41 bits per heavy atom. The predicted octanol–water partition coefficient (Wildman–Crippen LogP) is 2.95. The van der Waals surface area contributed by atoms with Gasteiger partial charge in [0.25, 0.3) is 0 Å². The minimum Gasteiger partial charge on any atom is -0.313 e. The van der Waals surface area contributed by atoms with Gasteiger partial charge in [-0.3, -0.25) is 4.79 Å². The molecule has 116 valence electrons. The second kappa shape index (κ2) is 6.98. The van der Waals surface area contributed by atoms with E-state index >= 15 is 0 Å². The lowest BCUT2D eigenvalue weighted by molar-refractivity contribution is -0.116. The van der Waals surface area contributed by atoms with Crippen molar-refractivity contribution >= 4 is 22.4 Å². The van der Waals surface area contributed by atoms with E-state index < -0.39 is 0 Å². The summed E-state index contributed by atoms with van der Waals surface area (Å²) in [5.74, 6) is -0.233. The van der Waals surface area contributed by atoms with Gasteiger partial charge < -0.3 is 10.6 Å². The van der Waals surface area contributed by atoms with Crippen LogP contribution < -0.4 is 10.6 Å². The molecule has 1 atom stereocenters. The molecule has 2 N–H and O–H groups in total. The van der Waals surface area contributed by atoms with Crippen LogP contribution in [0.15, 0.2) is 30.5 Å². The summed E-state index contributed by atoms with van der Waals surface area (Å²) in [6.45, 7) is 0.997. The van der Waals surface area contributed by atoms with Crippen molar-refractivity contribution in [2.75, 3.05) is 11.9 Å². The number of carbonyl (C=O) groups is 1. The highest BCUT2D eigenvalue weighted by molar-refractivity contribution is 7.15. The Labute approximate surface area is 132 Å². The molecule has 1 aromatic carbocycles. The smallest absolute Gasteiger partial charge is 0.227 e. The second-order valence-electron chi connectivity index (χ2n) is 5.48. The van der Waals surface area contributed by atoms with Crippen molar-refractivity contribution in [2.45, 2.75) is 31.7 Å². The van der Waals surface area contributed by atoms with Gasteiger partial charge in [0.05, 0.1) is 0 Å². The molecular weight excluding hydrogens is 301 g/mol. The molecule has 1 aromatic heterocycles. The lowest BCUT2D eigenvalue weighted by Crippen LogP contribution is -2.27. The van der Waals surface area contributed by atoms with Gasteiger partial charge in [0.2, 0.25) is 5.91 Å². The molecule has 3 rings (SSSR count). The van der Waals surface area contributed by atoms with E-state index in [1.54, 1.807) is 18.3 Å². The van der Waals surface area contributed by atoms with Gasteiger partial charge in [-0.25, -0.2) is 9.37 Å². The third-order valence-electron chi connectivity index (χ3n) is 3.69. The Hall–Kier alpha value is -1.79. The summed E-state index contributed by atoms with van der Waals surface area (Å²) < 4.78 is 12.9. The zero-order valence-corrected chi connectivity index (χ0v) is 13.0. The highest BCUT2D eigenvalue weighted by atomic mass is 32.1. The standard InChI is InChI=1S/C16H18FN3OS/c17-12-5-3-11(4-6-12)8-14-10-19-16(22-14)20-15(21)9-13-2-1-7-18-13/h3-6,10,13,18H,1-2,7-9H2,(H,19,20,21). The Bertz CT molecular complexity index is 635. The van der Waals surface area contributed by atoms with Crippen molar-refractivity contribution in [3.8, 4) is 0 Å². The van der Waals surface area contributed by atoms with Crippen LogP contribution in [0.25, 0.3) is 0 Å². The minimum absolute atomic E-state index is 0.00193. The quantitative estimate of drug-likeness (QED) is 0.891. The van der Waals surface area contributed by atoms with Gasteiger partial charge >= 0.3 is 0 Å². The largest absolute Gasteiger partial charge is 0.313 e. The zero-order valence-electron chi connectivity index (χ0n) is 12.1. The first-order valence-corrected chi connectivity index (χ1v) is 8.23. The maximum absolute atomic E-state index is 12.9. The molecule has 1 aliphatic heterocycles. The van der Waals surface area contributed by atoms with Gasteiger partial charge in [-0.1, -0.05) is 12.1 Å². The maximum atomic E-state index is 12.9. The molecule has 1 unspecified atom stereocenters. The molecule has 0 bridgehead atoms. The summed E-state index contributed by atoms with van der Waals surface area (Å²) >= 11 is 1.46. The number of benzene rings is 1. The van der Waals surface area contributed by atoms with Crippen LogP contribution in [0.4, 0.5) is 9.52 Å². The van der Waals surface area contributed by atoms with E-state index in [0.717, 1.165) is 29.8 Å². The Morgan fingerprint density at radius 2 is 2.23 bits per heavy atom. The van der Waals surface area contributed by atoms with Crippen LogP contribution >= 0.6 is 11.3 Å². The average molecular weight is 319 g/mol. The second-order valence-corrected chi connectivity index (χ2v) is 6.60. The normalized spacial score (nSPS) is 17.6. The summed E-state index contributed by atoms with van der Waals surface area (Å²) in [5, 5.41) is 6.78. The average Bonchev–Trinajstić information content (AvgIpc) is 3.14. The SMILES string of the molecule is O=C(CC1CCCN1)Nc1ncc(Cc2ccc(F)cc2)s1.